The van der Waals surface area contributed by atoms with Gasteiger partial charge in [-0.2, -0.15) is 0 Å². The van der Waals surface area contributed by atoms with E-state index in [-0.39, 0.29) is 26.2 Å². The van der Waals surface area contributed by atoms with Crippen LogP contribution in [0.15, 0.2) is 0 Å². The first-order valence-corrected chi connectivity index (χ1v) is 3.11. The Hall–Kier alpha value is 2.02. The second-order valence-electron chi connectivity index (χ2n) is 0.0913. The molecule has 0 heterocycles. The maximum Gasteiger partial charge on any atom is 0 e. The van der Waals surface area contributed by atoms with E-state index < -0.39 is 38.3 Å². The third-order valence-corrected chi connectivity index (χ3v) is 0. The molecule has 0 rings (SSSR count). The Morgan fingerprint density at radius 2 is 1.75 bits per heavy atom. The summed E-state index contributed by atoms with van der Waals surface area (Å²) in [4.78, 5) is 0. The molecule has 0 aromatic carbocycles. The molecular formula is HCeO2Zr. The van der Waals surface area contributed by atoms with E-state index in [1.54, 1.807) is 0 Å². The van der Waals surface area contributed by atoms with Crippen molar-refractivity contribution in [2.45, 2.75) is 0 Å². The molecule has 0 unspecified atom stereocenters. The molecule has 0 amide bonds. The van der Waals surface area contributed by atoms with Gasteiger partial charge < -0.3 is 0 Å². The predicted molar refractivity (Wildman–Crippen MR) is 2.91 cm³/mol. The summed E-state index contributed by atoms with van der Waals surface area (Å²) in [6.45, 7) is 0. The van der Waals surface area contributed by atoms with Gasteiger partial charge in [0, 0.05) is 26.2 Å². The topological polar surface area (TPSA) is 37.3 Å². The normalized spacial score (nSPS) is 2.25. The average Bonchev–Trinajstić information content (AvgIpc) is 0.918. The van der Waals surface area contributed by atoms with Crippen molar-refractivity contribution >= 4 is 0 Å². The zero-order valence-electron chi connectivity index (χ0n) is 1.86. The molecule has 0 aromatic heterocycles. The van der Waals surface area contributed by atoms with Crippen LogP contribution >= 0.6 is 0 Å². The molecule has 2 nitrogen and oxygen atoms in total. The summed E-state index contributed by atoms with van der Waals surface area (Å²) in [6, 6.07) is 0. The molecule has 0 bridgehead atoms. The summed E-state index contributed by atoms with van der Waals surface area (Å²) < 4.78 is 15.9. The van der Waals surface area contributed by atoms with Gasteiger partial charge in [0.2, 0.25) is 0 Å². The van der Waals surface area contributed by atoms with Crippen molar-refractivity contribution in [3.63, 3.8) is 0 Å². The molecule has 0 saturated heterocycles. The van der Waals surface area contributed by atoms with Crippen LogP contribution in [0.25, 0.3) is 0 Å². The summed E-state index contributed by atoms with van der Waals surface area (Å²) >= 11 is -2.17. The molecule has 0 atom stereocenters. The summed E-state index contributed by atoms with van der Waals surface area (Å²) in [6.07, 6.45) is 0. The van der Waals surface area contributed by atoms with Crippen molar-refractivity contribution in [2.24, 2.45) is 0 Å². The van der Waals surface area contributed by atoms with Crippen molar-refractivity contribution in [2.75, 3.05) is 0 Å². The van der Waals surface area contributed by atoms with Crippen LogP contribution in [0.4, 0.5) is 0 Å². The van der Waals surface area contributed by atoms with E-state index in [9.17, 15) is 0 Å². The van der Waals surface area contributed by atoms with Gasteiger partial charge in [0.1, 0.15) is 0 Å². The van der Waals surface area contributed by atoms with Crippen molar-refractivity contribution < 1.29 is 66.7 Å². The van der Waals surface area contributed by atoms with Crippen LogP contribution in [0.1, 0.15) is 0 Å². The van der Waals surface area contributed by atoms with Crippen LogP contribution < -0.4 is 0 Å². The Labute approximate surface area is 65.3 Å². The van der Waals surface area contributed by atoms with Gasteiger partial charge in [-0.3, -0.25) is 0 Å². The first kappa shape index (κ1) is 9.39. The van der Waals surface area contributed by atoms with E-state index in [0.717, 1.165) is 0 Å². The average molecular weight is 264 g/mol. The Bertz CT molecular complexity index is 13.5. The molecule has 0 aromatic rings. The van der Waals surface area contributed by atoms with E-state index in [1.807, 2.05) is 0 Å². The zero-order chi connectivity index (χ0) is 2.71. The predicted octanol–water partition coefficient (Wildman–Crippen LogP) is -0.678. The van der Waals surface area contributed by atoms with Crippen LogP contribution in [0.3, 0.4) is 0 Å². The summed E-state index contributed by atoms with van der Waals surface area (Å²) in [5.74, 6) is 0. The van der Waals surface area contributed by atoms with Crippen LogP contribution in [-0.2, 0) is 27.1 Å². The number of hydrogen-bond donors (Lipinski definition) is 1. The van der Waals surface area contributed by atoms with Gasteiger partial charge in [0.15, 0.2) is 0 Å². The molecule has 0 saturated carbocycles. The molecule has 0 radical (unpaired) electrons. The molecule has 21 valence electrons. The molecule has 0 aliphatic heterocycles. The standard InChI is InChI=1S/Ce.H2O.O.Zr/h;1H2;;/q+1;;;/p-1. The Morgan fingerprint density at radius 3 is 1.75 bits per heavy atom. The van der Waals surface area contributed by atoms with Gasteiger partial charge in [-0.15, -0.1) is 0 Å². The van der Waals surface area contributed by atoms with Crippen molar-refractivity contribution in [1.29, 1.82) is 0 Å². The molecule has 4 heteroatoms. The fourth-order valence-electron chi connectivity index (χ4n) is 0. The minimum atomic E-state index is -2.17. The Morgan fingerprint density at radius 1 is 1.75 bits per heavy atom. The monoisotopic (exact) mass is 263 g/mol. The first-order valence-electron chi connectivity index (χ1n) is 0.428. The molecule has 0 spiro atoms. The minimum absolute atomic E-state index is 0. The van der Waals surface area contributed by atoms with Gasteiger partial charge in [0.25, 0.3) is 0 Å². The van der Waals surface area contributed by atoms with Gasteiger partial charge in [-0.1, -0.05) is 0 Å². The van der Waals surface area contributed by atoms with E-state index in [0.29, 0.717) is 0 Å². The zero-order valence-corrected chi connectivity index (χ0v) is 7.45. The Kier molecular flexibility index (Phi) is 20.9. The smallest absolute Gasteiger partial charge is 0 e. The van der Waals surface area contributed by atoms with Gasteiger partial charge in [-0.25, -0.2) is 0 Å². The van der Waals surface area contributed by atoms with E-state index >= 15 is 0 Å². The van der Waals surface area contributed by atoms with E-state index in [2.05, 4.69) is 0 Å². The van der Waals surface area contributed by atoms with Crippen LogP contribution in [0, 0.1) is 38.3 Å². The molecule has 0 fully saturated rings. The summed E-state index contributed by atoms with van der Waals surface area (Å²) in [5.41, 5.74) is 0. The van der Waals surface area contributed by atoms with Crippen molar-refractivity contribution in [3.8, 4) is 0 Å². The van der Waals surface area contributed by atoms with Crippen LogP contribution in [0.5, 0.6) is 0 Å². The molecule has 1 N–H and O–H groups in total. The first-order chi connectivity index (χ1) is 1.41. The van der Waals surface area contributed by atoms with Gasteiger partial charge >= 0.3 is 40.5 Å². The quantitative estimate of drug-likeness (QED) is 0.629. The van der Waals surface area contributed by atoms with Crippen LogP contribution in [-0.4, -0.2) is 1.32 Å². The van der Waals surface area contributed by atoms with Crippen LogP contribution in [0.2, 0.25) is 0 Å². The minimum Gasteiger partial charge on any atom is 0 e. The van der Waals surface area contributed by atoms with E-state index in [1.165, 1.54) is 0 Å². The molecule has 4 heavy (non-hydrogen) atoms. The number of rotatable bonds is 0. The maximum absolute atomic E-state index is 8.68. The fraction of sp³-hybridized carbons (Fsp3) is 0. The molecule has 0 aliphatic rings. The van der Waals surface area contributed by atoms with Gasteiger partial charge in [-0.05, 0) is 0 Å². The van der Waals surface area contributed by atoms with Crippen molar-refractivity contribution in [1.82, 2.24) is 0 Å². The summed E-state index contributed by atoms with van der Waals surface area (Å²) in [7, 11) is 0. The summed E-state index contributed by atoms with van der Waals surface area (Å²) in [5, 5.41) is 0. The second-order valence-corrected chi connectivity index (χ2v) is 0.665. The van der Waals surface area contributed by atoms with Crippen molar-refractivity contribution in [3.05, 3.63) is 0 Å². The van der Waals surface area contributed by atoms with Gasteiger partial charge in [0.05, 0.1) is 0 Å². The second kappa shape index (κ2) is 8.89. The molecule has 0 aliphatic carbocycles. The number of hydrogen-bond acceptors (Lipinski definition) is 1. The largest absolute Gasteiger partial charge is 0 e. The Balaban J connectivity index is 0. The maximum atomic E-state index is 8.68. The SMILES string of the molecule is [O]=[Ce][OH].[Zr]. The fourth-order valence-corrected chi connectivity index (χ4v) is 0. The van der Waals surface area contributed by atoms with E-state index in [4.69, 9.17) is 2.26 Å². The molecular weight excluding hydrogens is 263 g/mol. The third-order valence-electron chi connectivity index (χ3n) is 0. The third kappa shape index (κ3) is 8.99.